The molecule has 0 spiro atoms. The van der Waals surface area contributed by atoms with Crippen LogP contribution >= 0.6 is 15.9 Å². The van der Waals surface area contributed by atoms with Crippen LogP contribution in [0, 0.1) is 0 Å². The van der Waals surface area contributed by atoms with Crippen molar-refractivity contribution in [3.05, 3.63) is 81.6 Å². The zero-order valence-corrected chi connectivity index (χ0v) is 15.6. The summed E-state index contributed by atoms with van der Waals surface area (Å²) in [6, 6.07) is 17.8. The number of hydrogen-bond donors (Lipinski definition) is 1. The maximum absolute atomic E-state index is 13.1. The van der Waals surface area contributed by atoms with Crippen LogP contribution in [0.1, 0.15) is 53.1 Å². The number of halogens is 1. The molecule has 1 atom stereocenters. The average Bonchev–Trinajstić information content (AvgIpc) is 3.16. The molecule has 0 fully saturated rings. The van der Waals surface area contributed by atoms with Crippen molar-refractivity contribution in [3.8, 4) is 0 Å². The van der Waals surface area contributed by atoms with E-state index >= 15 is 0 Å². The van der Waals surface area contributed by atoms with Gasteiger partial charge in [0.15, 0.2) is 5.69 Å². The smallest absolute Gasteiger partial charge is 0.280 e. The Balaban J connectivity index is 1.93. The molecule has 0 bridgehead atoms. The standard InChI is InChI=1S/C20H18BrN3O/c1-12(2)17-16-18(23-22-17)20(25)24(15-6-4-3-5-7-15)19(16)13-8-10-14(21)11-9-13/h3-12,19H,1-2H3,(H,22,23). The van der Waals surface area contributed by atoms with E-state index in [9.17, 15) is 4.79 Å². The van der Waals surface area contributed by atoms with Crippen molar-refractivity contribution in [1.82, 2.24) is 10.2 Å². The number of aromatic amines is 1. The Hall–Kier alpha value is -2.40. The Kier molecular flexibility index (Phi) is 3.96. The maximum Gasteiger partial charge on any atom is 0.280 e. The molecule has 0 saturated heterocycles. The molecule has 0 saturated carbocycles. The fraction of sp³-hybridized carbons (Fsp3) is 0.200. The molecule has 1 amide bonds. The predicted octanol–water partition coefficient (Wildman–Crippen LogP) is 5.05. The number of fused-ring (bicyclic) bond motifs is 1. The van der Waals surface area contributed by atoms with Crippen LogP contribution in [0.5, 0.6) is 0 Å². The van der Waals surface area contributed by atoms with Crippen LogP contribution in [-0.2, 0) is 0 Å². The fourth-order valence-electron chi connectivity index (χ4n) is 3.42. The quantitative estimate of drug-likeness (QED) is 0.674. The normalized spacial score (nSPS) is 16.6. The van der Waals surface area contributed by atoms with Crippen molar-refractivity contribution >= 4 is 27.5 Å². The highest BCUT2D eigenvalue weighted by molar-refractivity contribution is 9.10. The number of hydrogen-bond acceptors (Lipinski definition) is 2. The van der Waals surface area contributed by atoms with Gasteiger partial charge in [-0.25, -0.2) is 0 Å². The predicted molar refractivity (Wildman–Crippen MR) is 102 cm³/mol. The van der Waals surface area contributed by atoms with Crippen molar-refractivity contribution in [2.75, 3.05) is 4.90 Å². The van der Waals surface area contributed by atoms with Gasteiger partial charge < -0.3 is 0 Å². The van der Waals surface area contributed by atoms with Crippen LogP contribution in [0.2, 0.25) is 0 Å². The monoisotopic (exact) mass is 395 g/mol. The maximum atomic E-state index is 13.1. The van der Waals surface area contributed by atoms with Crippen molar-refractivity contribution in [3.63, 3.8) is 0 Å². The summed E-state index contributed by atoms with van der Waals surface area (Å²) < 4.78 is 1.02. The van der Waals surface area contributed by atoms with Crippen LogP contribution in [0.3, 0.4) is 0 Å². The van der Waals surface area contributed by atoms with Crippen molar-refractivity contribution in [1.29, 1.82) is 0 Å². The number of rotatable bonds is 3. The highest BCUT2D eigenvalue weighted by atomic mass is 79.9. The van der Waals surface area contributed by atoms with Gasteiger partial charge in [-0.3, -0.25) is 14.8 Å². The van der Waals surface area contributed by atoms with E-state index in [1.165, 1.54) is 0 Å². The fourth-order valence-corrected chi connectivity index (χ4v) is 3.68. The van der Waals surface area contributed by atoms with Gasteiger partial charge in [-0.1, -0.05) is 60.1 Å². The first-order chi connectivity index (χ1) is 12.1. The number of nitrogens with one attached hydrogen (secondary N) is 1. The Morgan fingerprint density at radius 3 is 2.40 bits per heavy atom. The molecule has 5 heteroatoms. The zero-order chi connectivity index (χ0) is 17.6. The highest BCUT2D eigenvalue weighted by Crippen LogP contribution is 2.43. The molecule has 126 valence electrons. The second-order valence-electron chi connectivity index (χ2n) is 6.52. The molecule has 2 aromatic carbocycles. The SMILES string of the molecule is CC(C)c1[nH]nc2c1C(c1ccc(Br)cc1)N(c1ccccc1)C2=O. The van der Waals surface area contributed by atoms with Gasteiger partial charge in [-0.2, -0.15) is 5.10 Å². The summed E-state index contributed by atoms with van der Waals surface area (Å²) in [4.78, 5) is 15.0. The minimum absolute atomic E-state index is 0.0581. The zero-order valence-electron chi connectivity index (χ0n) is 14.0. The Morgan fingerprint density at radius 2 is 1.76 bits per heavy atom. The highest BCUT2D eigenvalue weighted by Gasteiger charge is 2.43. The Labute approximate surface area is 155 Å². The van der Waals surface area contributed by atoms with Gasteiger partial charge in [0.25, 0.3) is 5.91 Å². The summed E-state index contributed by atoms with van der Waals surface area (Å²) in [5, 5.41) is 7.43. The summed E-state index contributed by atoms with van der Waals surface area (Å²) in [7, 11) is 0. The number of amides is 1. The lowest BCUT2D eigenvalue weighted by atomic mass is 9.95. The number of benzene rings is 2. The molecular formula is C20H18BrN3O. The van der Waals surface area contributed by atoms with Gasteiger partial charge in [0.05, 0.1) is 6.04 Å². The third kappa shape index (κ3) is 2.59. The van der Waals surface area contributed by atoms with E-state index in [0.29, 0.717) is 5.69 Å². The first kappa shape index (κ1) is 16.1. The number of H-pyrrole nitrogens is 1. The van der Waals surface area contributed by atoms with Crippen molar-refractivity contribution < 1.29 is 4.79 Å². The second-order valence-corrected chi connectivity index (χ2v) is 7.43. The summed E-state index contributed by atoms with van der Waals surface area (Å²) in [6.07, 6.45) is 0. The molecule has 1 unspecified atom stereocenters. The van der Waals surface area contributed by atoms with Gasteiger partial charge in [0, 0.05) is 21.4 Å². The van der Waals surface area contributed by atoms with Gasteiger partial charge in [0.2, 0.25) is 0 Å². The molecule has 3 aromatic rings. The van der Waals surface area contributed by atoms with Gasteiger partial charge in [-0.05, 0) is 35.7 Å². The van der Waals surface area contributed by atoms with Gasteiger partial charge in [-0.15, -0.1) is 0 Å². The number of nitrogens with zero attached hydrogens (tertiary/aromatic N) is 2. The first-order valence-corrected chi connectivity index (χ1v) is 9.09. The van der Waals surface area contributed by atoms with E-state index in [2.05, 4.69) is 52.1 Å². The topological polar surface area (TPSA) is 49.0 Å². The van der Waals surface area contributed by atoms with Crippen LogP contribution in [0.4, 0.5) is 5.69 Å². The van der Waals surface area contributed by atoms with E-state index in [4.69, 9.17) is 0 Å². The summed E-state index contributed by atoms with van der Waals surface area (Å²) in [5.41, 5.74) is 4.50. The number of aromatic nitrogens is 2. The molecule has 2 heterocycles. The second kappa shape index (κ2) is 6.15. The van der Waals surface area contributed by atoms with E-state index in [0.717, 1.165) is 27.0 Å². The number of anilines is 1. The van der Waals surface area contributed by atoms with Crippen molar-refractivity contribution in [2.45, 2.75) is 25.8 Å². The molecule has 4 rings (SSSR count). The summed E-state index contributed by atoms with van der Waals surface area (Å²) in [6.45, 7) is 4.23. The molecule has 1 N–H and O–H groups in total. The molecule has 0 aliphatic carbocycles. The third-order valence-corrected chi connectivity index (χ3v) is 5.11. The molecular weight excluding hydrogens is 378 g/mol. The number of para-hydroxylation sites is 1. The van der Waals surface area contributed by atoms with E-state index < -0.39 is 0 Å². The average molecular weight is 396 g/mol. The van der Waals surface area contributed by atoms with Crippen LogP contribution in [0.25, 0.3) is 0 Å². The van der Waals surface area contributed by atoms with Gasteiger partial charge in [0.1, 0.15) is 0 Å². The molecule has 1 aliphatic rings. The lowest BCUT2D eigenvalue weighted by Crippen LogP contribution is -2.29. The first-order valence-electron chi connectivity index (χ1n) is 8.30. The largest absolute Gasteiger partial charge is 0.295 e. The molecule has 0 radical (unpaired) electrons. The number of carbonyl (C=O) groups is 1. The van der Waals surface area contributed by atoms with Crippen LogP contribution in [0.15, 0.2) is 59.1 Å². The van der Waals surface area contributed by atoms with Crippen LogP contribution < -0.4 is 4.90 Å². The Morgan fingerprint density at radius 1 is 1.08 bits per heavy atom. The molecule has 1 aliphatic heterocycles. The van der Waals surface area contributed by atoms with Crippen LogP contribution in [-0.4, -0.2) is 16.1 Å². The van der Waals surface area contributed by atoms with Crippen molar-refractivity contribution in [2.24, 2.45) is 0 Å². The number of carbonyl (C=O) groups excluding carboxylic acids is 1. The Bertz CT molecular complexity index is 916. The van der Waals surface area contributed by atoms with E-state index in [1.54, 1.807) is 0 Å². The summed E-state index contributed by atoms with van der Waals surface area (Å²) in [5.74, 6) is 0.204. The molecule has 4 nitrogen and oxygen atoms in total. The van der Waals surface area contributed by atoms with Gasteiger partial charge >= 0.3 is 0 Å². The summed E-state index contributed by atoms with van der Waals surface area (Å²) >= 11 is 3.49. The minimum Gasteiger partial charge on any atom is -0.295 e. The van der Waals surface area contributed by atoms with E-state index in [-0.39, 0.29) is 17.9 Å². The molecule has 25 heavy (non-hydrogen) atoms. The third-order valence-electron chi connectivity index (χ3n) is 4.58. The molecule has 1 aromatic heterocycles. The lowest BCUT2D eigenvalue weighted by molar-refractivity contribution is 0.0988. The minimum atomic E-state index is -0.172. The lowest BCUT2D eigenvalue weighted by Gasteiger charge is -2.27. The van der Waals surface area contributed by atoms with E-state index in [1.807, 2.05) is 47.4 Å².